The first-order valence-electron chi connectivity index (χ1n) is 9.91. The fourth-order valence-corrected chi connectivity index (χ4v) is 4.26. The molecule has 162 valence electrons. The van der Waals surface area contributed by atoms with Crippen LogP contribution in [0.2, 0.25) is 0 Å². The van der Waals surface area contributed by atoms with Crippen LogP contribution in [0.1, 0.15) is 5.69 Å². The number of carbonyl (C=O) groups excluding carboxylic acids is 1. The number of benzene rings is 1. The number of guanidine groups is 1. The lowest BCUT2D eigenvalue weighted by Crippen LogP contribution is -2.55. The Morgan fingerprint density at radius 1 is 1.29 bits per heavy atom. The Bertz CT molecular complexity index is 1070. The molecule has 1 saturated heterocycles. The normalized spacial score (nSPS) is 14.8. The molecule has 31 heavy (non-hydrogen) atoms. The highest BCUT2D eigenvalue weighted by Gasteiger charge is 2.27. The lowest BCUT2D eigenvalue weighted by atomic mass is 10.2. The van der Waals surface area contributed by atoms with Gasteiger partial charge in [0.1, 0.15) is 17.3 Å². The van der Waals surface area contributed by atoms with E-state index in [9.17, 15) is 4.79 Å². The van der Waals surface area contributed by atoms with Crippen molar-refractivity contribution < 1.29 is 9.53 Å². The molecule has 0 unspecified atom stereocenters. The summed E-state index contributed by atoms with van der Waals surface area (Å²) in [6, 6.07) is 7.86. The van der Waals surface area contributed by atoms with E-state index in [1.54, 1.807) is 41.3 Å². The molecule has 1 aliphatic heterocycles. The maximum atomic E-state index is 12.7. The summed E-state index contributed by atoms with van der Waals surface area (Å²) in [5.41, 5.74) is 2.81. The number of aryl methyl sites for hydroxylation is 1. The molecule has 0 atom stereocenters. The number of carbonyl (C=O) groups is 1. The average molecular weight is 440 g/mol. The number of hydrogen-bond acceptors (Lipinski definition) is 6. The molecular formula is C21H25N7O2S. The number of rotatable bonds is 5. The van der Waals surface area contributed by atoms with Crippen LogP contribution in [0.5, 0.6) is 5.75 Å². The van der Waals surface area contributed by atoms with E-state index in [0.29, 0.717) is 25.6 Å². The second-order valence-electron chi connectivity index (χ2n) is 7.11. The molecular weight excluding hydrogens is 414 g/mol. The second kappa shape index (κ2) is 9.17. The van der Waals surface area contributed by atoms with Crippen molar-refractivity contribution in [1.29, 1.82) is 0 Å². The van der Waals surface area contributed by atoms with Crippen molar-refractivity contribution in [2.45, 2.75) is 6.54 Å². The minimum atomic E-state index is 0.0256. The zero-order valence-corrected chi connectivity index (χ0v) is 18.6. The standard InChI is InChI=1S/C21H25N7O2S/c1-22-21(27-8-9-28(19(29)13-27)17-11-24-26(2)12-17)23-10-16-14-31-20(25-16)15-4-6-18(30-3)7-5-15/h4-7,11-12,14H,8-10,13H2,1-3H3,(H,22,23). The van der Waals surface area contributed by atoms with Crippen LogP contribution in [0.25, 0.3) is 10.6 Å². The number of hydrogen-bond donors (Lipinski definition) is 1. The number of thiazole rings is 1. The van der Waals surface area contributed by atoms with Gasteiger partial charge < -0.3 is 19.9 Å². The molecule has 0 aliphatic carbocycles. The average Bonchev–Trinajstić information content (AvgIpc) is 3.43. The van der Waals surface area contributed by atoms with Gasteiger partial charge in [-0.1, -0.05) is 0 Å². The molecule has 4 rings (SSSR count). The highest BCUT2D eigenvalue weighted by molar-refractivity contribution is 7.13. The first-order chi connectivity index (χ1) is 15.1. The summed E-state index contributed by atoms with van der Waals surface area (Å²) < 4.78 is 6.91. The molecule has 1 amide bonds. The largest absolute Gasteiger partial charge is 0.497 e. The Morgan fingerprint density at radius 3 is 2.74 bits per heavy atom. The van der Waals surface area contributed by atoms with Crippen molar-refractivity contribution in [3.05, 3.63) is 47.7 Å². The van der Waals surface area contributed by atoms with E-state index in [1.165, 1.54) is 0 Å². The van der Waals surface area contributed by atoms with E-state index in [2.05, 4.69) is 15.4 Å². The Morgan fingerprint density at radius 2 is 2.10 bits per heavy atom. The number of methoxy groups -OCH3 is 1. The van der Waals surface area contributed by atoms with Gasteiger partial charge in [-0.15, -0.1) is 11.3 Å². The van der Waals surface area contributed by atoms with E-state index in [4.69, 9.17) is 9.72 Å². The quantitative estimate of drug-likeness (QED) is 0.483. The number of aliphatic imine (C=N–C) groups is 1. The van der Waals surface area contributed by atoms with Crippen molar-refractivity contribution in [3.8, 4) is 16.3 Å². The lowest BCUT2D eigenvalue weighted by molar-refractivity contribution is -0.120. The fourth-order valence-electron chi connectivity index (χ4n) is 3.43. The van der Waals surface area contributed by atoms with Gasteiger partial charge in [0.15, 0.2) is 5.96 Å². The predicted octanol–water partition coefficient (Wildman–Crippen LogP) is 1.98. The molecule has 0 bridgehead atoms. The van der Waals surface area contributed by atoms with E-state index in [-0.39, 0.29) is 12.5 Å². The van der Waals surface area contributed by atoms with Gasteiger partial charge >= 0.3 is 0 Å². The Balaban J connectivity index is 1.35. The van der Waals surface area contributed by atoms with Crippen LogP contribution in [-0.4, -0.2) is 65.3 Å². The first kappa shape index (κ1) is 20.9. The van der Waals surface area contributed by atoms with Gasteiger partial charge in [0, 0.05) is 44.3 Å². The third-order valence-corrected chi connectivity index (χ3v) is 5.99. The topological polar surface area (TPSA) is 87.9 Å². The summed E-state index contributed by atoms with van der Waals surface area (Å²) in [6.07, 6.45) is 3.56. The maximum Gasteiger partial charge on any atom is 0.246 e. The summed E-state index contributed by atoms with van der Waals surface area (Å²) in [4.78, 5) is 25.5. The van der Waals surface area contributed by atoms with Crippen LogP contribution in [-0.2, 0) is 18.4 Å². The Hall–Kier alpha value is -3.40. The van der Waals surface area contributed by atoms with Gasteiger partial charge in [0.2, 0.25) is 5.91 Å². The highest BCUT2D eigenvalue weighted by atomic mass is 32.1. The van der Waals surface area contributed by atoms with Crippen LogP contribution >= 0.6 is 11.3 Å². The molecule has 0 spiro atoms. The van der Waals surface area contributed by atoms with E-state index in [1.807, 2.05) is 47.8 Å². The highest BCUT2D eigenvalue weighted by Crippen LogP contribution is 2.25. The number of nitrogens with zero attached hydrogens (tertiary/aromatic N) is 6. The Kier molecular flexibility index (Phi) is 6.17. The van der Waals surface area contributed by atoms with Gasteiger partial charge in [-0.3, -0.25) is 14.5 Å². The van der Waals surface area contributed by atoms with Crippen LogP contribution in [0, 0.1) is 0 Å². The Labute approximate surface area is 185 Å². The second-order valence-corrected chi connectivity index (χ2v) is 7.97. The molecule has 3 heterocycles. The summed E-state index contributed by atoms with van der Waals surface area (Å²) in [6.45, 7) is 2.08. The molecule has 10 heteroatoms. The lowest BCUT2D eigenvalue weighted by Gasteiger charge is -2.35. The molecule has 0 radical (unpaired) electrons. The molecule has 9 nitrogen and oxygen atoms in total. The first-order valence-corrected chi connectivity index (χ1v) is 10.8. The summed E-state index contributed by atoms with van der Waals surface area (Å²) in [5, 5.41) is 10.5. The van der Waals surface area contributed by atoms with Crippen LogP contribution in [0.4, 0.5) is 5.69 Å². The molecule has 1 fully saturated rings. The predicted molar refractivity (Wildman–Crippen MR) is 121 cm³/mol. The molecule has 3 aromatic rings. The number of nitrogens with one attached hydrogen (secondary N) is 1. The van der Waals surface area contributed by atoms with Crippen LogP contribution < -0.4 is 15.0 Å². The number of anilines is 1. The van der Waals surface area contributed by atoms with Gasteiger partial charge in [0.25, 0.3) is 0 Å². The fraction of sp³-hybridized carbons (Fsp3) is 0.333. The minimum absolute atomic E-state index is 0.0256. The summed E-state index contributed by atoms with van der Waals surface area (Å²) in [7, 11) is 5.22. The number of aromatic nitrogens is 3. The van der Waals surface area contributed by atoms with Crippen molar-refractivity contribution in [1.82, 2.24) is 25.0 Å². The summed E-state index contributed by atoms with van der Waals surface area (Å²) in [5.74, 6) is 1.54. The molecule has 2 aromatic heterocycles. The third-order valence-electron chi connectivity index (χ3n) is 5.05. The smallest absolute Gasteiger partial charge is 0.246 e. The van der Waals surface area contributed by atoms with Crippen molar-refractivity contribution >= 4 is 28.9 Å². The van der Waals surface area contributed by atoms with Crippen molar-refractivity contribution in [3.63, 3.8) is 0 Å². The molecule has 0 saturated carbocycles. The van der Waals surface area contributed by atoms with Crippen LogP contribution in [0.15, 0.2) is 47.0 Å². The zero-order chi connectivity index (χ0) is 21.8. The molecule has 1 aliphatic rings. The van der Waals surface area contributed by atoms with Crippen LogP contribution in [0.3, 0.4) is 0 Å². The van der Waals surface area contributed by atoms with Gasteiger partial charge in [-0.2, -0.15) is 5.10 Å². The zero-order valence-electron chi connectivity index (χ0n) is 17.8. The summed E-state index contributed by atoms with van der Waals surface area (Å²) >= 11 is 1.60. The SMILES string of the molecule is CN=C(NCc1csc(-c2ccc(OC)cc2)n1)N1CCN(c2cnn(C)c2)C(=O)C1. The van der Waals surface area contributed by atoms with E-state index >= 15 is 0 Å². The number of ether oxygens (including phenoxy) is 1. The molecule has 1 aromatic carbocycles. The van der Waals surface area contributed by atoms with Crippen molar-refractivity contribution in [2.24, 2.45) is 12.0 Å². The van der Waals surface area contributed by atoms with Crippen molar-refractivity contribution in [2.75, 3.05) is 38.7 Å². The van der Waals surface area contributed by atoms with E-state index < -0.39 is 0 Å². The minimum Gasteiger partial charge on any atom is -0.497 e. The van der Waals surface area contributed by atoms with Gasteiger partial charge in [-0.05, 0) is 24.3 Å². The number of amides is 1. The van der Waals surface area contributed by atoms with Gasteiger partial charge in [-0.25, -0.2) is 4.98 Å². The number of piperazine rings is 1. The maximum absolute atomic E-state index is 12.7. The van der Waals surface area contributed by atoms with E-state index in [0.717, 1.165) is 27.7 Å². The third kappa shape index (κ3) is 4.69. The molecule has 1 N–H and O–H groups in total. The van der Waals surface area contributed by atoms with Gasteiger partial charge in [0.05, 0.1) is 31.2 Å². The monoisotopic (exact) mass is 439 g/mol.